The molecule has 0 bridgehead atoms. The molecule has 1 fully saturated rings. The second kappa shape index (κ2) is 6.51. The Labute approximate surface area is 138 Å². The maximum atomic E-state index is 12.3. The number of aryl methyl sites for hydroxylation is 2. The van der Waals surface area contributed by atoms with E-state index in [4.69, 9.17) is 0 Å². The van der Waals surface area contributed by atoms with Gasteiger partial charge in [0.25, 0.3) is 0 Å². The fourth-order valence-corrected chi connectivity index (χ4v) is 6.26. The lowest BCUT2D eigenvalue weighted by atomic mass is 10.0. The molecular formula is C15H24N2O4S2. The van der Waals surface area contributed by atoms with Gasteiger partial charge in [-0.3, -0.25) is 0 Å². The number of nitrogens with one attached hydrogen (secondary N) is 2. The van der Waals surface area contributed by atoms with Crippen molar-refractivity contribution in [3.05, 3.63) is 29.3 Å². The van der Waals surface area contributed by atoms with Gasteiger partial charge < -0.3 is 5.32 Å². The highest BCUT2D eigenvalue weighted by atomic mass is 32.2. The van der Waals surface area contributed by atoms with Gasteiger partial charge in [-0.05, 0) is 38.8 Å². The Hall–Kier alpha value is -0.960. The summed E-state index contributed by atoms with van der Waals surface area (Å²) in [5, 5.41) is 3.16. The Morgan fingerprint density at radius 3 is 2.48 bits per heavy atom. The van der Waals surface area contributed by atoms with Crippen LogP contribution in [0.25, 0.3) is 0 Å². The number of hydrogen-bond acceptors (Lipinski definition) is 5. The molecule has 0 unspecified atom stereocenters. The number of benzene rings is 1. The molecule has 0 saturated carbocycles. The maximum Gasteiger partial charge on any atom is 0.240 e. The molecule has 1 aromatic rings. The first-order valence-corrected chi connectivity index (χ1v) is 10.9. The molecule has 1 aliphatic rings. The summed E-state index contributed by atoms with van der Waals surface area (Å²) >= 11 is 0. The summed E-state index contributed by atoms with van der Waals surface area (Å²) in [5.41, 5.74) is 1.25. The molecule has 0 amide bonds. The van der Waals surface area contributed by atoms with Gasteiger partial charge >= 0.3 is 0 Å². The van der Waals surface area contributed by atoms with Crippen molar-refractivity contribution >= 4 is 19.9 Å². The average molecular weight is 361 g/mol. The van der Waals surface area contributed by atoms with Crippen LogP contribution in [0.15, 0.2) is 23.1 Å². The molecule has 1 heterocycles. The molecule has 0 radical (unpaired) electrons. The van der Waals surface area contributed by atoms with Gasteiger partial charge in [0.2, 0.25) is 10.0 Å². The predicted octanol–water partition coefficient (Wildman–Crippen LogP) is 0.749. The maximum absolute atomic E-state index is 12.3. The summed E-state index contributed by atoms with van der Waals surface area (Å²) in [5.74, 6) is 0.286. The fourth-order valence-electron chi connectivity index (χ4n) is 2.88. The number of sulfonamides is 1. The van der Waals surface area contributed by atoms with E-state index in [1.165, 1.54) is 0 Å². The van der Waals surface area contributed by atoms with Gasteiger partial charge in [-0.2, -0.15) is 0 Å². The first kappa shape index (κ1) is 18.4. The fraction of sp³-hybridized carbons (Fsp3) is 0.600. The van der Waals surface area contributed by atoms with E-state index in [0.717, 1.165) is 5.56 Å². The monoisotopic (exact) mass is 360 g/mol. The zero-order chi connectivity index (χ0) is 17.3. The van der Waals surface area contributed by atoms with Crippen LogP contribution in [0.3, 0.4) is 0 Å². The van der Waals surface area contributed by atoms with Crippen molar-refractivity contribution < 1.29 is 16.8 Å². The van der Waals surface area contributed by atoms with Crippen LogP contribution < -0.4 is 10.0 Å². The lowest BCUT2D eigenvalue weighted by Crippen LogP contribution is -2.46. The topological polar surface area (TPSA) is 92.3 Å². The lowest BCUT2D eigenvalue weighted by Gasteiger charge is -2.24. The van der Waals surface area contributed by atoms with Gasteiger partial charge in [0.1, 0.15) is 0 Å². The van der Waals surface area contributed by atoms with Crippen molar-refractivity contribution in [1.82, 2.24) is 10.0 Å². The van der Waals surface area contributed by atoms with E-state index in [1.54, 1.807) is 19.1 Å². The molecule has 2 rings (SSSR count). The zero-order valence-electron chi connectivity index (χ0n) is 13.7. The normalized spacial score (nSPS) is 24.0. The van der Waals surface area contributed by atoms with Gasteiger partial charge in [0, 0.05) is 18.6 Å². The third-order valence-corrected chi connectivity index (χ3v) is 7.62. The number of sulfone groups is 1. The molecular weight excluding hydrogens is 336 g/mol. The predicted molar refractivity (Wildman–Crippen MR) is 90.8 cm³/mol. The molecule has 23 heavy (non-hydrogen) atoms. The van der Waals surface area contributed by atoms with Crippen molar-refractivity contribution in [1.29, 1.82) is 0 Å². The summed E-state index contributed by atoms with van der Waals surface area (Å²) in [6.45, 7) is 6.14. The summed E-state index contributed by atoms with van der Waals surface area (Å²) in [7, 11) is -6.53. The molecule has 0 aromatic heterocycles. The van der Waals surface area contributed by atoms with E-state index >= 15 is 0 Å². The van der Waals surface area contributed by atoms with Crippen LogP contribution in [0.4, 0.5) is 0 Å². The Bertz CT molecular complexity index is 788. The van der Waals surface area contributed by atoms with Crippen LogP contribution in [0.2, 0.25) is 0 Å². The van der Waals surface area contributed by atoms with E-state index in [1.807, 2.05) is 19.9 Å². The van der Waals surface area contributed by atoms with Gasteiger partial charge in [-0.1, -0.05) is 17.7 Å². The molecule has 0 spiro atoms. The largest absolute Gasteiger partial charge is 0.309 e. The van der Waals surface area contributed by atoms with Crippen molar-refractivity contribution in [2.45, 2.75) is 37.6 Å². The average Bonchev–Trinajstić information content (AvgIpc) is 2.69. The lowest BCUT2D eigenvalue weighted by molar-refractivity contribution is 0.400. The second-order valence-corrected chi connectivity index (χ2v) is 10.4. The van der Waals surface area contributed by atoms with Gasteiger partial charge in [-0.25, -0.2) is 21.6 Å². The van der Waals surface area contributed by atoms with E-state index in [0.29, 0.717) is 18.5 Å². The van der Waals surface area contributed by atoms with Gasteiger partial charge in [0.05, 0.1) is 16.4 Å². The highest BCUT2D eigenvalue weighted by molar-refractivity contribution is 7.91. The molecule has 1 atom stereocenters. The minimum atomic E-state index is -3.55. The zero-order valence-corrected chi connectivity index (χ0v) is 15.4. The van der Waals surface area contributed by atoms with Crippen molar-refractivity contribution in [2.24, 2.45) is 0 Å². The Morgan fingerprint density at radius 1 is 1.22 bits per heavy atom. The quantitative estimate of drug-likeness (QED) is 0.730. The van der Waals surface area contributed by atoms with Crippen LogP contribution in [-0.4, -0.2) is 47.0 Å². The van der Waals surface area contributed by atoms with Crippen LogP contribution >= 0.6 is 0 Å². The van der Waals surface area contributed by atoms with Crippen molar-refractivity contribution in [3.8, 4) is 0 Å². The number of rotatable bonds is 6. The summed E-state index contributed by atoms with van der Waals surface area (Å²) in [6, 6.07) is 5.20. The highest BCUT2D eigenvalue weighted by Gasteiger charge is 2.37. The standard InChI is InChI=1S/C15H24N2O4S2/c1-12-4-5-14(13(2)10-12)23(20,21)17-8-7-16-15(3)6-9-22(18,19)11-15/h4-5,10,16-17H,6-9,11H2,1-3H3/t15-/m1/s1. The Kier molecular flexibility index (Phi) is 5.20. The summed E-state index contributed by atoms with van der Waals surface area (Å²) < 4.78 is 50.2. The van der Waals surface area contributed by atoms with Crippen LogP contribution in [-0.2, 0) is 19.9 Å². The first-order valence-electron chi connectivity index (χ1n) is 7.55. The summed E-state index contributed by atoms with van der Waals surface area (Å²) in [6.07, 6.45) is 0.555. The molecule has 1 aliphatic heterocycles. The molecule has 1 aromatic carbocycles. The molecule has 6 nitrogen and oxygen atoms in total. The minimum absolute atomic E-state index is 0.101. The Balaban J connectivity index is 1.91. The third kappa shape index (κ3) is 4.76. The van der Waals surface area contributed by atoms with Gasteiger partial charge in [0.15, 0.2) is 9.84 Å². The third-order valence-electron chi connectivity index (χ3n) is 4.09. The van der Waals surface area contributed by atoms with E-state index < -0.39 is 25.4 Å². The minimum Gasteiger partial charge on any atom is -0.309 e. The molecule has 0 aliphatic carbocycles. The van der Waals surface area contributed by atoms with Crippen LogP contribution in [0, 0.1) is 13.8 Å². The van der Waals surface area contributed by atoms with Gasteiger partial charge in [-0.15, -0.1) is 0 Å². The number of hydrogen-bond donors (Lipinski definition) is 2. The van der Waals surface area contributed by atoms with Crippen molar-refractivity contribution in [3.63, 3.8) is 0 Å². The van der Waals surface area contributed by atoms with E-state index in [-0.39, 0.29) is 22.9 Å². The Morgan fingerprint density at radius 2 is 1.91 bits per heavy atom. The summed E-state index contributed by atoms with van der Waals surface area (Å²) in [4.78, 5) is 0.276. The van der Waals surface area contributed by atoms with Crippen molar-refractivity contribution in [2.75, 3.05) is 24.6 Å². The smallest absolute Gasteiger partial charge is 0.240 e. The van der Waals surface area contributed by atoms with E-state index in [9.17, 15) is 16.8 Å². The molecule has 8 heteroatoms. The molecule has 2 N–H and O–H groups in total. The van der Waals surface area contributed by atoms with Crippen LogP contribution in [0.5, 0.6) is 0 Å². The molecule has 1 saturated heterocycles. The SMILES string of the molecule is Cc1ccc(S(=O)(=O)NCCN[C@]2(C)CCS(=O)(=O)C2)c(C)c1. The molecule has 130 valence electrons. The second-order valence-electron chi connectivity index (χ2n) is 6.50. The van der Waals surface area contributed by atoms with Crippen LogP contribution in [0.1, 0.15) is 24.5 Å². The first-order chi connectivity index (χ1) is 10.5. The van der Waals surface area contributed by atoms with E-state index in [2.05, 4.69) is 10.0 Å². The highest BCUT2D eigenvalue weighted by Crippen LogP contribution is 2.22.